The molecule has 0 aliphatic heterocycles. The molecule has 0 saturated heterocycles. The smallest absolute Gasteiger partial charge is 0.270 e. The standard InChI is InChI=1S/C20H19ClN4OS2/c1-12-11-13(2)25(23-12)9-8-24(19(26)17-5-4-10-27-17)20-22-18-14(3)15(21)6-7-16(18)28-20/h4-7,10-11H,8-9H2,1-3H3. The number of carbonyl (C=O) groups is 1. The SMILES string of the molecule is Cc1cc(C)n(CCN(C(=O)c2cccs2)c2nc3c(C)c(Cl)ccc3s2)n1. The predicted molar refractivity (Wildman–Crippen MR) is 117 cm³/mol. The number of aromatic nitrogens is 3. The molecular weight excluding hydrogens is 412 g/mol. The minimum atomic E-state index is -0.0423. The molecule has 0 N–H and O–H groups in total. The van der Waals surface area contributed by atoms with E-state index in [0.29, 0.717) is 28.1 Å². The number of aryl methyl sites for hydroxylation is 3. The van der Waals surface area contributed by atoms with Crippen molar-refractivity contribution in [1.82, 2.24) is 14.8 Å². The molecule has 0 bridgehead atoms. The van der Waals surface area contributed by atoms with E-state index in [0.717, 1.165) is 27.2 Å². The number of thiazole rings is 1. The average molecular weight is 431 g/mol. The van der Waals surface area contributed by atoms with Gasteiger partial charge in [-0.3, -0.25) is 14.4 Å². The second-order valence-corrected chi connectivity index (χ2v) is 8.96. The minimum absolute atomic E-state index is 0.0423. The second kappa shape index (κ2) is 7.66. The molecule has 0 aliphatic rings. The molecule has 4 rings (SSSR count). The summed E-state index contributed by atoms with van der Waals surface area (Å²) >= 11 is 9.20. The second-order valence-electron chi connectivity index (χ2n) is 6.60. The van der Waals surface area contributed by atoms with Crippen molar-refractivity contribution >= 4 is 55.5 Å². The first-order valence-corrected chi connectivity index (χ1v) is 10.9. The number of hydrogen-bond donors (Lipinski definition) is 0. The fraction of sp³-hybridized carbons (Fsp3) is 0.250. The molecule has 1 amide bonds. The van der Waals surface area contributed by atoms with E-state index >= 15 is 0 Å². The molecule has 8 heteroatoms. The van der Waals surface area contributed by atoms with E-state index in [1.54, 1.807) is 4.90 Å². The van der Waals surface area contributed by atoms with Crippen molar-refractivity contribution in [3.05, 3.63) is 62.6 Å². The van der Waals surface area contributed by atoms with Gasteiger partial charge in [-0.25, -0.2) is 4.98 Å². The molecule has 0 saturated carbocycles. The third-order valence-electron chi connectivity index (χ3n) is 4.58. The average Bonchev–Trinajstić information content (AvgIpc) is 3.39. The zero-order valence-corrected chi connectivity index (χ0v) is 18.2. The maximum Gasteiger partial charge on any atom is 0.270 e. The highest BCUT2D eigenvalue weighted by atomic mass is 35.5. The zero-order chi connectivity index (χ0) is 19.8. The van der Waals surface area contributed by atoms with Crippen molar-refractivity contribution in [2.45, 2.75) is 27.3 Å². The van der Waals surface area contributed by atoms with Gasteiger partial charge in [0, 0.05) is 17.3 Å². The largest absolute Gasteiger partial charge is 0.281 e. The lowest BCUT2D eigenvalue weighted by Crippen LogP contribution is -2.33. The van der Waals surface area contributed by atoms with Gasteiger partial charge in [0.2, 0.25) is 0 Å². The molecule has 4 aromatic rings. The number of hydrogen-bond acceptors (Lipinski definition) is 5. The van der Waals surface area contributed by atoms with Gasteiger partial charge < -0.3 is 0 Å². The number of fused-ring (bicyclic) bond motifs is 1. The van der Waals surface area contributed by atoms with Crippen LogP contribution in [-0.2, 0) is 6.54 Å². The lowest BCUT2D eigenvalue weighted by molar-refractivity contribution is 0.0989. The van der Waals surface area contributed by atoms with Crippen molar-refractivity contribution in [3.8, 4) is 0 Å². The van der Waals surface area contributed by atoms with Crippen molar-refractivity contribution in [2.75, 3.05) is 11.4 Å². The Bertz CT molecular complexity index is 1150. The van der Waals surface area contributed by atoms with Gasteiger partial charge in [0.25, 0.3) is 5.91 Å². The van der Waals surface area contributed by atoms with Crippen molar-refractivity contribution in [3.63, 3.8) is 0 Å². The van der Waals surface area contributed by atoms with Gasteiger partial charge in [0.1, 0.15) is 0 Å². The number of thiophene rings is 1. The molecule has 144 valence electrons. The highest BCUT2D eigenvalue weighted by Gasteiger charge is 2.23. The normalized spacial score (nSPS) is 11.3. The fourth-order valence-electron chi connectivity index (χ4n) is 3.12. The van der Waals surface area contributed by atoms with Crippen molar-refractivity contribution < 1.29 is 4.79 Å². The molecule has 3 heterocycles. The van der Waals surface area contributed by atoms with Crippen LogP contribution in [0, 0.1) is 20.8 Å². The van der Waals surface area contributed by atoms with Crippen molar-refractivity contribution in [1.29, 1.82) is 0 Å². The summed E-state index contributed by atoms with van der Waals surface area (Å²) in [6, 6.07) is 9.61. The monoisotopic (exact) mass is 430 g/mol. The summed E-state index contributed by atoms with van der Waals surface area (Å²) in [7, 11) is 0. The van der Waals surface area contributed by atoms with Gasteiger partial charge >= 0.3 is 0 Å². The molecule has 0 fully saturated rings. The topological polar surface area (TPSA) is 51.0 Å². The molecule has 0 spiro atoms. The number of amides is 1. The van der Waals surface area contributed by atoms with Gasteiger partial charge in [-0.2, -0.15) is 5.10 Å². The summed E-state index contributed by atoms with van der Waals surface area (Å²) in [5.41, 5.74) is 3.83. The van der Waals surface area contributed by atoms with Crippen LogP contribution in [0.3, 0.4) is 0 Å². The minimum Gasteiger partial charge on any atom is -0.281 e. The van der Waals surface area contributed by atoms with Crippen LogP contribution in [0.25, 0.3) is 10.2 Å². The first-order chi connectivity index (χ1) is 13.4. The molecular formula is C20H19ClN4OS2. The van der Waals surface area contributed by atoms with E-state index in [1.807, 2.05) is 61.2 Å². The number of nitrogens with zero attached hydrogens (tertiary/aromatic N) is 4. The van der Waals surface area contributed by atoms with Crippen LogP contribution in [0.5, 0.6) is 0 Å². The summed E-state index contributed by atoms with van der Waals surface area (Å²) in [5.74, 6) is -0.0423. The van der Waals surface area contributed by atoms with Gasteiger partial charge in [0.15, 0.2) is 5.13 Å². The van der Waals surface area contributed by atoms with Crippen molar-refractivity contribution in [2.24, 2.45) is 0 Å². The molecule has 28 heavy (non-hydrogen) atoms. The van der Waals surface area contributed by atoms with E-state index < -0.39 is 0 Å². The van der Waals surface area contributed by atoms with Crippen LogP contribution in [0.4, 0.5) is 5.13 Å². The summed E-state index contributed by atoms with van der Waals surface area (Å²) in [6.07, 6.45) is 0. The first-order valence-electron chi connectivity index (χ1n) is 8.86. The Morgan fingerprint density at radius 2 is 2.07 bits per heavy atom. The maximum atomic E-state index is 13.2. The quantitative estimate of drug-likeness (QED) is 0.421. The van der Waals surface area contributed by atoms with Crippen LogP contribution >= 0.6 is 34.3 Å². The van der Waals surface area contributed by atoms with Crippen LogP contribution < -0.4 is 4.90 Å². The third-order valence-corrected chi connectivity index (χ3v) is 6.89. The highest BCUT2D eigenvalue weighted by molar-refractivity contribution is 7.22. The molecule has 0 aliphatic carbocycles. The van der Waals surface area contributed by atoms with Crippen LogP contribution in [0.2, 0.25) is 5.02 Å². The number of halogens is 1. The zero-order valence-electron chi connectivity index (χ0n) is 15.8. The Morgan fingerprint density at radius 1 is 1.25 bits per heavy atom. The lowest BCUT2D eigenvalue weighted by atomic mass is 10.2. The van der Waals surface area contributed by atoms with E-state index in [9.17, 15) is 4.79 Å². The first kappa shape index (κ1) is 19.1. The Labute approximate surface area is 176 Å². The molecule has 3 aromatic heterocycles. The van der Waals surface area contributed by atoms with Gasteiger partial charge in [-0.05, 0) is 56.0 Å². The van der Waals surface area contributed by atoms with Gasteiger partial charge in [-0.1, -0.05) is 29.0 Å². The van der Waals surface area contributed by atoms with Crippen LogP contribution in [-0.4, -0.2) is 27.2 Å². The molecule has 0 unspecified atom stereocenters. The predicted octanol–water partition coefficient (Wildman–Crippen LogP) is 5.48. The Hall–Kier alpha value is -2.22. The highest BCUT2D eigenvalue weighted by Crippen LogP contribution is 2.34. The molecule has 0 radical (unpaired) electrons. The maximum absolute atomic E-state index is 13.2. The fourth-order valence-corrected chi connectivity index (χ4v) is 4.99. The van der Waals surface area contributed by atoms with Gasteiger partial charge in [0.05, 0.1) is 27.3 Å². The van der Waals surface area contributed by atoms with Crippen LogP contribution in [0.1, 0.15) is 26.6 Å². The van der Waals surface area contributed by atoms with Gasteiger partial charge in [-0.15, -0.1) is 11.3 Å². The summed E-state index contributed by atoms with van der Waals surface area (Å²) in [6.45, 7) is 7.04. The Kier molecular flexibility index (Phi) is 5.23. The number of carbonyl (C=O) groups excluding carboxylic acids is 1. The van der Waals surface area contributed by atoms with E-state index in [1.165, 1.54) is 22.7 Å². The summed E-state index contributed by atoms with van der Waals surface area (Å²) < 4.78 is 2.95. The summed E-state index contributed by atoms with van der Waals surface area (Å²) in [4.78, 5) is 20.4. The Morgan fingerprint density at radius 3 is 2.75 bits per heavy atom. The number of anilines is 1. The summed E-state index contributed by atoms with van der Waals surface area (Å²) in [5, 5.41) is 7.79. The Balaban J connectivity index is 1.71. The number of benzene rings is 1. The van der Waals surface area contributed by atoms with E-state index in [2.05, 4.69) is 5.10 Å². The van der Waals surface area contributed by atoms with Crippen LogP contribution in [0.15, 0.2) is 35.7 Å². The van der Waals surface area contributed by atoms with E-state index in [4.69, 9.17) is 16.6 Å². The van der Waals surface area contributed by atoms with E-state index in [-0.39, 0.29) is 5.91 Å². The third kappa shape index (κ3) is 3.57. The molecule has 1 aromatic carbocycles. The lowest BCUT2D eigenvalue weighted by Gasteiger charge is -2.19. The molecule has 5 nitrogen and oxygen atoms in total. The molecule has 0 atom stereocenters. The number of rotatable bonds is 5.